The molecule has 3 fully saturated rings. The van der Waals surface area contributed by atoms with Gasteiger partial charge in [-0.25, -0.2) is 0 Å². The number of allylic oxidation sites excluding steroid dienone is 4. The third kappa shape index (κ3) is 1.73. The smallest absolute Gasteiger partial charge is 0.201 e. The summed E-state index contributed by atoms with van der Waals surface area (Å²) in [6.45, 7) is 4.88. The summed E-state index contributed by atoms with van der Waals surface area (Å²) in [5.41, 5.74) is 0.576. The SMILES string of the molecule is CSC[C@@]12CC[C@@H](C[C@@H]1OC1=C[C@H]3[C@@H](C1=O)[C@@H]1C=C[C@H]3C1)C2(C)C. The van der Waals surface area contributed by atoms with E-state index in [9.17, 15) is 4.79 Å². The fourth-order valence-corrected chi connectivity index (χ4v) is 8.11. The predicted octanol–water partition coefficient (Wildman–Crippen LogP) is 4.47. The van der Waals surface area contributed by atoms with E-state index in [1.54, 1.807) is 0 Å². The zero-order valence-corrected chi connectivity index (χ0v) is 15.8. The lowest BCUT2D eigenvalue weighted by atomic mass is 9.69. The Morgan fingerprint density at radius 3 is 2.75 bits per heavy atom. The molecule has 5 rings (SSSR count). The van der Waals surface area contributed by atoms with E-state index >= 15 is 0 Å². The Morgan fingerprint density at radius 1 is 1.25 bits per heavy atom. The first-order valence-electron chi connectivity index (χ1n) is 9.58. The summed E-state index contributed by atoms with van der Waals surface area (Å²) >= 11 is 1.95. The van der Waals surface area contributed by atoms with Crippen LogP contribution in [0.3, 0.4) is 0 Å². The second-order valence-corrected chi connectivity index (χ2v) is 10.2. The van der Waals surface area contributed by atoms with Gasteiger partial charge in [-0.1, -0.05) is 26.0 Å². The molecule has 0 spiro atoms. The molecule has 7 atom stereocenters. The molecule has 5 aliphatic rings. The number of thioether (sulfide) groups is 1. The molecule has 0 aliphatic heterocycles. The topological polar surface area (TPSA) is 26.3 Å². The summed E-state index contributed by atoms with van der Waals surface area (Å²) < 4.78 is 6.54. The molecule has 0 heterocycles. The molecular formula is C21H28O2S. The van der Waals surface area contributed by atoms with Gasteiger partial charge in [0.2, 0.25) is 5.78 Å². The number of ether oxygens (including phenoxy) is 1. The van der Waals surface area contributed by atoms with Gasteiger partial charge in [0.15, 0.2) is 5.76 Å². The van der Waals surface area contributed by atoms with Gasteiger partial charge in [0.1, 0.15) is 6.10 Å². The van der Waals surface area contributed by atoms with Crippen molar-refractivity contribution in [2.75, 3.05) is 12.0 Å². The minimum atomic E-state index is 0.193. The number of hydrogen-bond donors (Lipinski definition) is 0. The van der Waals surface area contributed by atoms with E-state index in [1.165, 1.54) is 19.3 Å². The molecule has 3 saturated carbocycles. The Balaban J connectivity index is 1.41. The molecule has 2 nitrogen and oxygen atoms in total. The Morgan fingerprint density at radius 2 is 2.04 bits per heavy atom. The predicted molar refractivity (Wildman–Crippen MR) is 97.6 cm³/mol. The van der Waals surface area contributed by atoms with Crippen molar-refractivity contribution in [1.29, 1.82) is 0 Å². The summed E-state index contributed by atoms with van der Waals surface area (Å²) in [7, 11) is 0. The first-order chi connectivity index (χ1) is 11.5. The maximum atomic E-state index is 13.0. The molecular weight excluding hydrogens is 316 g/mol. The molecule has 5 aliphatic carbocycles. The average molecular weight is 345 g/mol. The first-order valence-corrected chi connectivity index (χ1v) is 11.0. The van der Waals surface area contributed by atoms with Gasteiger partial charge < -0.3 is 4.74 Å². The largest absolute Gasteiger partial charge is 0.486 e. The second-order valence-electron chi connectivity index (χ2n) is 9.34. The summed E-state index contributed by atoms with van der Waals surface area (Å²) in [4.78, 5) is 13.0. The van der Waals surface area contributed by atoms with Gasteiger partial charge in [0.05, 0.1) is 0 Å². The summed E-state index contributed by atoms with van der Waals surface area (Å²) in [6, 6.07) is 0. The van der Waals surface area contributed by atoms with Crippen LogP contribution < -0.4 is 0 Å². The van der Waals surface area contributed by atoms with Crippen molar-refractivity contribution in [2.24, 2.45) is 40.4 Å². The van der Waals surface area contributed by atoms with Crippen LogP contribution in [0.25, 0.3) is 0 Å². The Hall–Kier alpha value is -0.700. The first kappa shape index (κ1) is 15.5. The second kappa shape index (κ2) is 4.93. The molecule has 24 heavy (non-hydrogen) atoms. The third-order valence-electron chi connectivity index (χ3n) is 8.44. The number of hydrogen-bond acceptors (Lipinski definition) is 3. The van der Waals surface area contributed by atoms with E-state index in [2.05, 4.69) is 38.3 Å². The third-order valence-corrected chi connectivity index (χ3v) is 9.24. The van der Waals surface area contributed by atoms with Gasteiger partial charge in [-0.3, -0.25) is 4.79 Å². The Bertz CT molecular complexity index is 648. The number of carbonyl (C=O) groups excluding carboxylic acids is 1. The van der Waals surface area contributed by atoms with E-state index in [-0.39, 0.29) is 17.4 Å². The van der Waals surface area contributed by atoms with Crippen LogP contribution in [0.4, 0.5) is 0 Å². The zero-order chi connectivity index (χ0) is 16.7. The molecule has 0 radical (unpaired) electrons. The van der Waals surface area contributed by atoms with Crippen LogP contribution in [-0.2, 0) is 9.53 Å². The van der Waals surface area contributed by atoms with Crippen molar-refractivity contribution >= 4 is 17.5 Å². The maximum absolute atomic E-state index is 13.0. The van der Waals surface area contributed by atoms with Crippen molar-refractivity contribution in [3.05, 3.63) is 24.0 Å². The molecule has 0 amide bonds. The summed E-state index contributed by atoms with van der Waals surface area (Å²) in [5, 5.41) is 0. The number of fused-ring (bicyclic) bond motifs is 7. The van der Waals surface area contributed by atoms with Gasteiger partial charge in [0, 0.05) is 17.1 Å². The van der Waals surface area contributed by atoms with Crippen LogP contribution in [0.5, 0.6) is 0 Å². The highest BCUT2D eigenvalue weighted by Crippen LogP contribution is 2.67. The number of rotatable bonds is 4. The molecule has 0 aromatic rings. The lowest BCUT2D eigenvalue weighted by Gasteiger charge is -2.42. The normalized spacial score (nSPS) is 49.8. The monoisotopic (exact) mass is 344 g/mol. The van der Waals surface area contributed by atoms with Crippen LogP contribution >= 0.6 is 11.8 Å². The number of Topliss-reactive ketones (excluding diaryl/α,β-unsaturated/α-hetero) is 1. The van der Waals surface area contributed by atoms with Crippen molar-refractivity contribution in [3.63, 3.8) is 0 Å². The molecule has 0 aromatic heterocycles. The highest BCUT2D eigenvalue weighted by atomic mass is 32.2. The van der Waals surface area contributed by atoms with Gasteiger partial charge in [-0.05, 0) is 67.1 Å². The van der Waals surface area contributed by atoms with Crippen LogP contribution in [0.15, 0.2) is 24.0 Å². The van der Waals surface area contributed by atoms with Crippen molar-refractivity contribution in [2.45, 2.75) is 45.6 Å². The fraction of sp³-hybridized carbons (Fsp3) is 0.762. The molecule has 0 saturated heterocycles. The van der Waals surface area contributed by atoms with E-state index in [4.69, 9.17) is 4.74 Å². The van der Waals surface area contributed by atoms with Gasteiger partial charge in [-0.2, -0.15) is 11.8 Å². The summed E-state index contributed by atoms with van der Waals surface area (Å²) in [5.74, 6) is 4.60. The molecule has 130 valence electrons. The molecule has 3 heteroatoms. The van der Waals surface area contributed by atoms with E-state index in [0.29, 0.717) is 29.0 Å². The van der Waals surface area contributed by atoms with Crippen LogP contribution in [0.2, 0.25) is 0 Å². The Kier molecular flexibility index (Phi) is 3.19. The van der Waals surface area contributed by atoms with Crippen LogP contribution in [0, 0.1) is 40.4 Å². The van der Waals surface area contributed by atoms with Gasteiger partial charge in [0.25, 0.3) is 0 Å². The number of ketones is 1. The zero-order valence-electron chi connectivity index (χ0n) is 15.0. The standard InChI is InChI=1S/C21H28O2S/c1-20(2)14-6-7-21(20,11-24-3)17(9-14)23-16-10-15-12-4-5-13(8-12)18(15)19(16)22/h4-5,10,12-15,17-18H,6-9,11H2,1-3H3/t12-,13+,14-,15+,17-,18-,21-/m0/s1. The molecule has 0 aromatic carbocycles. The maximum Gasteiger partial charge on any atom is 0.201 e. The minimum Gasteiger partial charge on any atom is -0.486 e. The van der Waals surface area contributed by atoms with E-state index < -0.39 is 0 Å². The quantitative estimate of drug-likeness (QED) is 0.704. The lowest BCUT2D eigenvalue weighted by molar-refractivity contribution is -0.125. The lowest BCUT2D eigenvalue weighted by Crippen LogP contribution is -2.42. The van der Waals surface area contributed by atoms with Gasteiger partial charge >= 0.3 is 0 Å². The highest BCUT2D eigenvalue weighted by Gasteiger charge is 2.65. The minimum absolute atomic E-state index is 0.193. The Labute approximate surface area is 149 Å². The molecule has 0 N–H and O–H groups in total. The summed E-state index contributed by atoms with van der Waals surface area (Å²) in [6.07, 6.45) is 14.2. The number of carbonyl (C=O) groups is 1. The van der Waals surface area contributed by atoms with Gasteiger partial charge in [-0.15, -0.1) is 0 Å². The van der Waals surface area contributed by atoms with E-state index in [1.807, 2.05) is 11.8 Å². The van der Waals surface area contributed by atoms with Crippen molar-refractivity contribution in [3.8, 4) is 0 Å². The van der Waals surface area contributed by atoms with E-state index in [0.717, 1.165) is 23.9 Å². The molecule has 4 bridgehead atoms. The van der Waals surface area contributed by atoms with Crippen molar-refractivity contribution in [1.82, 2.24) is 0 Å². The van der Waals surface area contributed by atoms with Crippen LogP contribution in [0.1, 0.15) is 39.5 Å². The van der Waals surface area contributed by atoms with Crippen molar-refractivity contribution < 1.29 is 9.53 Å². The van der Waals surface area contributed by atoms with Crippen LogP contribution in [-0.4, -0.2) is 23.9 Å². The fourth-order valence-electron chi connectivity index (χ4n) is 6.89. The average Bonchev–Trinajstić information content (AvgIpc) is 3.29. The highest BCUT2D eigenvalue weighted by molar-refractivity contribution is 7.98. The molecule has 0 unspecified atom stereocenters.